The van der Waals surface area contributed by atoms with Crippen molar-refractivity contribution in [2.45, 2.75) is 20.4 Å². The van der Waals surface area contributed by atoms with Crippen molar-refractivity contribution in [3.05, 3.63) is 47.6 Å². The quantitative estimate of drug-likeness (QED) is 0.764. The minimum absolute atomic E-state index is 1.02. The lowest BCUT2D eigenvalue weighted by Gasteiger charge is -2.15. The molecule has 3 aromatic rings. The van der Waals surface area contributed by atoms with Crippen molar-refractivity contribution < 1.29 is 4.90 Å². The molecule has 2 aromatic heterocycles. The first-order chi connectivity index (χ1) is 9.83. The van der Waals surface area contributed by atoms with Crippen LogP contribution in [0, 0.1) is 0 Å². The largest absolute Gasteiger partial charge is 0.330 e. The van der Waals surface area contributed by atoms with Crippen molar-refractivity contribution in [2.24, 2.45) is 0 Å². The molecule has 3 rings (SSSR count). The summed E-state index contributed by atoms with van der Waals surface area (Å²) in [6.45, 7) is 7.79. The Morgan fingerprint density at radius 3 is 2.60 bits per heavy atom. The first kappa shape index (κ1) is 13.3. The van der Waals surface area contributed by atoms with Gasteiger partial charge in [-0.15, -0.1) is 11.3 Å². The van der Waals surface area contributed by atoms with E-state index in [0.717, 1.165) is 30.3 Å². The van der Waals surface area contributed by atoms with Crippen LogP contribution in [-0.4, -0.2) is 22.5 Å². The van der Waals surface area contributed by atoms with Gasteiger partial charge in [-0.25, -0.2) is 4.98 Å². The van der Waals surface area contributed by atoms with Gasteiger partial charge in [0.2, 0.25) is 0 Å². The van der Waals surface area contributed by atoms with Gasteiger partial charge in [-0.2, -0.15) is 0 Å². The maximum absolute atomic E-state index is 4.83. The van der Waals surface area contributed by atoms with Crippen LogP contribution in [0.2, 0.25) is 0 Å². The Morgan fingerprint density at radius 2 is 1.90 bits per heavy atom. The standard InChI is InChI=1S/C16H19N3S/c1-3-18(4-2)12-14-15(13-8-6-5-7-9-13)17-16-19(14)10-11-20-16/h5-11H,3-4,12H2,1-2H3/p+1. The second kappa shape index (κ2) is 5.77. The first-order valence-corrected chi connectivity index (χ1v) is 8.04. The second-order valence-electron chi connectivity index (χ2n) is 4.96. The fourth-order valence-electron chi connectivity index (χ4n) is 2.57. The SMILES string of the molecule is CC[NH+](CC)Cc1c(-c2ccccc2)nc2sccn12. The zero-order chi connectivity index (χ0) is 13.9. The summed E-state index contributed by atoms with van der Waals surface area (Å²) in [5.74, 6) is 0. The van der Waals surface area contributed by atoms with Gasteiger partial charge in [0.25, 0.3) is 0 Å². The van der Waals surface area contributed by atoms with E-state index in [2.05, 4.69) is 60.2 Å². The molecule has 0 radical (unpaired) electrons. The predicted molar refractivity (Wildman–Crippen MR) is 84.3 cm³/mol. The molecule has 4 heteroatoms. The molecule has 0 bridgehead atoms. The summed E-state index contributed by atoms with van der Waals surface area (Å²) in [4.78, 5) is 7.50. The van der Waals surface area contributed by atoms with Gasteiger partial charge in [-0.1, -0.05) is 30.3 Å². The monoisotopic (exact) mass is 286 g/mol. The molecule has 0 aliphatic carbocycles. The Kier molecular flexibility index (Phi) is 3.85. The number of nitrogens with zero attached hydrogens (tertiary/aromatic N) is 2. The number of quaternary nitrogens is 1. The summed E-state index contributed by atoms with van der Waals surface area (Å²) in [5.41, 5.74) is 3.67. The molecule has 0 aliphatic rings. The maximum Gasteiger partial charge on any atom is 0.194 e. The van der Waals surface area contributed by atoms with E-state index in [-0.39, 0.29) is 0 Å². The number of benzene rings is 1. The van der Waals surface area contributed by atoms with Gasteiger partial charge >= 0.3 is 0 Å². The Hall–Kier alpha value is -1.65. The van der Waals surface area contributed by atoms with Gasteiger partial charge in [0, 0.05) is 17.1 Å². The van der Waals surface area contributed by atoms with Crippen LogP contribution in [0.15, 0.2) is 41.9 Å². The summed E-state index contributed by atoms with van der Waals surface area (Å²) in [6, 6.07) is 10.5. The molecule has 20 heavy (non-hydrogen) atoms. The summed E-state index contributed by atoms with van der Waals surface area (Å²) in [7, 11) is 0. The van der Waals surface area contributed by atoms with Crippen LogP contribution in [0.4, 0.5) is 0 Å². The minimum atomic E-state index is 1.02. The molecular formula is C16H20N3S+. The zero-order valence-electron chi connectivity index (χ0n) is 12.0. The molecule has 0 saturated carbocycles. The molecule has 0 atom stereocenters. The lowest BCUT2D eigenvalue weighted by Crippen LogP contribution is -3.10. The molecule has 2 heterocycles. The molecular weight excluding hydrogens is 266 g/mol. The van der Waals surface area contributed by atoms with E-state index in [1.54, 1.807) is 16.2 Å². The topological polar surface area (TPSA) is 21.7 Å². The van der Waals surface area contributed by atoms with Crippen molar-refractivity contribution in [3.8, 4) is 11.3 Å². The molecule has 0 amide bonds. The van der Waals surface area contributed by atoms with Gasteiger partial charge in [0.1, 0.15) is 12.2 Å². The predicted octanol–water partition coefficient (Wildman–Crippen LogP) is 2.49. The highest BCUT2D eigenvalue weighted by molar-refractivity contribution is 7.15. The van der Waals surface area contributed by atoms with E-state index in [1.165, 1.54) is 11.3 Å². The lowest BCUT2D eigenvalue weighted by molar-refractivity contribution is -0.910. The van der Waals surface area contributed by atoms with Crippen molar-refractivity contribution in [1.82, 2.24) is 9.38 Å². The highest BCUT2D eigenvalue weighted by atomic mass is 32.1. The Morgan fingerprint density at radius 1 is 1.15 bits per heavy atom. The molecule has 1 N–H and O–H groups in total. The van der Waals surface area contributed by atoms with Crippen LogP contribution < -0.4 is 4.90 Å². The fourth-order valence-corrected chi connectivity index (χ4v) is 3.30. The number of hydrogen-bond donors (Lipinski definition) is 1. The summed E-state index contributed by atoms with van der Waals surface area (Å²) >= 11 is 1.70. The number of rotatable bonds is 5. The van der Waals surface area contributed by atoms with Crippen LogP contribution >= 0.6 is 11.3 Å². The van der Waals surface area contributed by atoms with E-state index in [0.29, 0.717) is 0 Å². The van der Waals surface area contributed by atoms with Gasteiger partial charge in [0.05, 0.1) is 18.8 Å². The van der Waals surface area contributed by atoms with Crippen LogP contribution in [0.1, 0.15) is 19.5 Å². The first-order valence-electron chi connectivity index (χ1n) is 7.16. The second-order valence-corrected chi connectivity index (χ2v) is 5.84. The normalized spacial score (nSPS) is 11.6. The summed E-state index contributed by atoms with van der Waals surface area (Å²) in [6.07, 6.45) is 2.14. The third-order valence-electron chi connectivity index (χ3n) is 3.83. The summed E-state index contributed by atoms with van der Waals surface area (Å²) < 4.78 is 2.25. The van der Waals surface area contributed by atoms with Crippen LogP contribution in [-0.2, 0) is 6.54 Å². The molecule has 104 valence electrons. The van der Waals surface area contributed by atoms with Crippen LogP contribution in [0.5, 0.6) is 0 Å². The van der Waals surface area contributed by atoms with E-state index in [9.17, 15) is 0 Å². The number of fused-ring (bicyclic) bond motifs is 1. The van der Waals surface area contributed by atoms with Gasteiger partial charge in [-0.3, -0.25) is 4.40 Å². The average molecular weight is 286 g/mol. The Bertz CT molecular complexity index is 680. The molecule has 0 aliphatic heterocycles. The number of thiazole rings is 1. The van der Waals surface area contributed by atoms with Gasteiger partial charge < -0.3 is 4.90 Å². The Balaban J connectivity index is 2.09. The zero-order valence-corrected chi connectivity index (χ0v) is 12.8. The van der Waals surface area contributed by atoms with Gasteiger partial charge in [-0.05, 0) is 13.8 Å². The lowest BCUT2D eigenvalue weighted by atomic mass is 10.1. The van der Waals surface area contributed by atoms with E-state index in [1.807, 2.05) is 0 Å². The average Bonchev–Trinajstić information content (AvgIpc) is 3.07. The van der Waals surface area contributed by atoms with Crippen molar-refractivity contribution >= 4 is 16.3 Å². The maximum atomic E-state index is 4.83. The molecule has 1 aromatic carbocycles. The van der Waals surface area contributed by atoms with Crippen molar-refractivity contribution in [3.63, 3.8) is 0 Å². The van der Waals surface area contributed by atoms with E-state index in [4.69, 9.17) is 4.98 Å². The third kappa shape index (κ3) is 2.37. The number of hydrogen-bond acceptors (Lipinski definition) is 2. The van der Waals surface area contributed by atoms with Crippen molar-refractivity contribution in [2.75, 3.05) is 13.1 Å². The Labute approximate surface area is 123 Å². The van der Waals surface area contributed by atoms with Crippen LogP contribution in [0.25, 0.3) is 16.2 Å². The molecule has 0 saturated heterocycles. The number of imidazole rings is 1. The highest BCUT2D eigenvalue weighted by Gasteiger charge is 2.18. The smallest absolute Gasteiger partial charge is 0.194 e. The molecule has 3 nitrogen and oxygen atoms in total. The molecule has 0 fully saturated rings. The number of nitrogens with one attached hydrogen (secondary N) is 1. The van der Waals surface area contributed by atoms with Crippen molar-refractivity contribution in [1.29, 1.82) is 0 Å². The van der Waals surface area contributed by atoms with Gasteiger partial charge in [0.15, 0.2) is 4.96 Å². The van der Waals surface area contributed by atoms with E-state index < -0.39 is 0 Å². The van der Waals surface area contributed by atoms with Crippen LogP contribution in [0.3, 0.4) is 0 Å². The summed E-state index contributed by atoms with van der Waals surface area (Å²) in [5, 5.41) is 2.11. The highest BCUT2D eigenvalue weighted by Crippen LogP contribution is 2.25. The number of aromatic nitrogens is 2. The third-order valence-corrected chi connectivity index (χ3v) is 4.58. The fraction of sp³-hybridized carbons (Fsp3) is 0.312. The molecule has 0 spiro atoms. The van der Waals surface area contributed by atoms with E-state index >= 15 is 0 Å². The minimum Gasteiger partial charge on any atom is -0.330 e. The molecule has 0 unspecified atom stereocenters.